The molecule has 0 aliphatic carbocycles. The van der Waals surface area contributed by atoms with Crippen molar-refractivity contribution in [3.63, 3.8) is 0 Å². The summed E-state index contributed by atoms with van der Waals surface area (Å²) in [5, 5.41) is 3.13. The highest BCUT2D eigenvalue weighted by Gasteiger charge is 2.28. The molecular formula is C13H20N2O2S. The van der Waals surface area contributed by atoms with Crippen molar-refractivity contribution in [2.24, 2.45) is 0 Å². The third-order valence-corrected chi connectivity index (χ3v) is 4.93. The van der Waals surface area contributed by atoms with Crippen LogP contribution in [0.4, 0.5) is 0 Å². The summed E-state index contributed by atoms with van der Waals surface area (Å²) < 4.78 is 25.9. The van der Waals surface area contributed by atoms with Crippen molar-refractivity contribution in [3.8, 4) is 0 Å². The Morgan fingerprint density at radius 1 is 1.17 bits per heavy atom. The molecule has 0 atom stereocenters. The maximum Gasteiger partial charge on any atom is 0.215 e. The lowest BCUT2D eigenvalue weighted by molar-refractivity contribution is 0.430. The first kappa shape index (κ1) is 13.5. The van der Waals surface area contributed by atoms with Crippen molar-refractivity contribution in [1.82, 2.24) is 9.62 Å². The topological polar surface area (TPSA) is 49.4 Å². The van der Waals surface area contributed by atoms with Crippen molar-refractivity contribution in [1.29, 1.82) is 0 Å². The number of sulfonamides is 1. The first-order valence-corrected chi connectivity index (χ1v) is 7.99. The molecule has 4 nitrogen and oxygen atoms in total. The van der Waals surface area contributed by atoms with E-state index in [9.17, 15) is 8.42 Å². The van der Waals surface area contributed by atoms with E-state index in [-0.39, 0.29) is 5.75 Å². The van der Waals surface area contributed by atoms with Gasteiger partial charge in [0.25, 0.3) is 0 Å². The van der Waals surface area contributed by atoms with Crippen molar-refractivity contribution in [3.05, 3.63) is 35.4 Å². The third kappa shape index (κ3) is 3.10. The van der Waals surface area contributed by atoms with Gasteiger partial charge in [-0.05, 0) is 24.1 Å². The molecule has 0 bridgehead atoms. The number of hydrogen-bond acceptors (Lipinski definition) is 3. The lowest BCUT2D eigenvalue weighted by Crippen LogP contribution is -2.33. The van der Waals surface area contributed by atoms with Crippen LogP contribution in [0.2, 0.25) is 0 Å². The molecule has 18 heavy (non-hydrogen) atoms. The lowest BCUT2D eigenvalue weighted by atomic mass is 10.1. The predicted octanol–water partition coefficient (Wildman–Crippen LogP) is 1.33. The van der Waals surface area contributed by atoms with E-state index >= 15 is 0 Å². The fraction of sp³-hybridized carbons (Fsp3) is 0.538. The van der Waals surface area contributed by atoms with Crippen LogP contribution in [0.3, 0.4) is 0 Å². The van der Waals surface area contributed by atoms with E-state index in [0.717, 1.165) is 24.1 Å². The summed E-state index contributed by atoms with van der Waals surface area (Å²) in [5.41, 5.74) is 2.25. The monoisotopic (exact) mass is 268 g/mol. The van der Waals surface area contributed by atoms with Gasteiger partial charge >= 0.3 is 0 Å². The van der Waals surface area contributed by atoms with Crippen LogP contribution < -0.4 is 5.32 Å². The van der Waals surface area contributed by atoms with Gasteiger partial charge in [-0.15, -0.1) is 0 Å². The van der Waals surface area contributed by atoms with Gasteiger partial charge in [-0.1, -0.05) is 31.2 Å². The van der Waals surface area contributed by atoms with Crippen molar-refractivity contribution >= 4 is 10.0 Å². The SMILES string of the molecule is CCCNCCS(=O)(=O)N1Cc2ccccc2C1. The molecule has 1 N–H and O–H groups in total. The van der Waals surface area contributed by atoms with Gasteiger partial charge in [0.2, 0.25) is 10.0 Å². The molecule has 0 unspecified atom stereocenters. The van der Waals surface area contributed by atoms with Gasteiger partial charge in [0.05, 0.1) is 5.75 Å². The highest BCUT2D eigenvalue weighted by Crippen LogP contribution is 2.24. The molecule has 1 aromatic rings. The molecular weight excluding hydrogens is 248 g/mol. The summed E-state index contributed by atoms with van der Waals surface area (Å²) in [5.74, 6) is 0.182. The first-order valence-electron chi connectivity index (χ1n) is 6.39. The first-order chi connectivity index (χ1) is 8.63. The fourth-order valence-corrected chi connectivity index (χ4v) is 3.46. The molecule has 0 amide bonds. The molecule has 0 aromatic heterocycles. The zero-order valence-electron chi connectivity index (χ0n) is 10.7. The highest BCUT2D eigenvalue weighted by atomic mass is 32.2. The smallest absolute Gasteiger partial charge is 0.215 e. The van der Waals surface area contributed by atoms with Gasteiger partial charge in [0.1, 0.15) is 0 Å². The van der Waals surface area contributed by atoms with Crippen LogP contribution in [0.15, 0.2) is 24.3 Å². The molecule has 5 heteroatoms. The molecule has 0 saturated carbocycles. The number of fused-ring (bicyclic) bond motifs is 1. The standard InChI is InChI=1S/C13H20N2O2S/c1-2-7-14-8-9-18(16,17)15-10-12-5-3-4-6-13(12)11-15/h3-6,14H,2,7-11H2,1H3. The second kappa shape index (κ2) is 5.82. The summed E-state index contributed by atoms with van der Waals surface area (Å²) in [4.78, 5) is 0. The molecule has 1 aliphatic rings. The van der Waals surface area contributed by atoms with Crippen LogP contribution in [-0.2, 0) is 23.1 Å². The van der Waals surface area contributed by atoms with Gasteiger partial charge in [-0.25, -0.2) is 8.42 Å². The van der Waals surface area contributed by atoms with Gasteiger partial charge in [0.15, 0.2) is 0 Å². The zero-order chi connectivity index (χ0) is 13.0. The Bertz CT molecular complexity index is 474. The molecule has 1 heterocycles. The van der Waals surface area contributed by atoms with Crippen LogP contribution >= 0.6 is 0 Å². The quantitative estimate of drug-likeness (QED) is 0.792. The largest absolute Gasteiger partial charge is 0.316 e. The van der Waals surface area contributed by atoms with Crippen LogP contribution in [0.5, 0.6) is 0 Å². The number of benzene rings is 1. The Morgan fingerprint density at radius 2 is 1.78 bits per heavy atom. The molecule has 0 fully saturated rings. The maximum absolute atomic E-state index is 12.2. The van der Waals surface area contributed by atoms with E-state index in [4.69, 9.17) is 0 Å². The molecule has 0 radical (unpaired) electrons. The Balaban J connectivity index is 1.93. The van der Waals surface area contributed by atoms with Gasteiger partial charge in [-0.2, -0.15) is 4.31 Å². The minimum Gasteiger partial charge on any atom is -0.316 e. The second-order valence-corrected chi connectivity index (χ2v) is 6.69. The average Bonchev–Trinajstić information content (AvgIpc) is 2.79. The number of nitrogens with one attached hydrogen (secondary N) is 1. The summed E-state index contributed by atoms with van der Waals surface area (Å²) in [6.45, 7) is 4.51. The van der Waals surface area contributed by atoms with E-state index in [1.54, 1.807) is 4.31 Å². The van der Waals surface area contributed by atoms with E-state index in [1.165, 1.54) is 0 Å². The predicted molar refractivity (Wildman–Crippen MR) is 72.6 cm³/mol. The Labute approximate surface area is 109 Å². The van der Waals surface area contributed by atoms with Crippen molar-refractivity contribution in [2.75, 3.05) is 18.8 Å². The number of nitrogens with zero attached hydrogens (tertiary/aromatic N) is 1. The summed E-state index contributed by atoms with van der Waals surface area (Å²) in [7, 11) is -3.14. The molecule has 0 saturated heterocycles. The summed E-state index contributed by atoms with van der Waals surface area (Å²) in [6, 6.07) is 7.91. The second-order valence-electron chi connectivity index (χ2n) is 4.60. The molecule has 100 valence electrons. The van der Waals surface area contributed by atoms with Crippen molar-refractivity contribution < 1.29 is 8.42 Å². The highest BCUT2D eigenvalue weighted by molar-refractivity contribution is 7.89. The molecule has 0 spiro atoms. The van der Waals surface area contributed by atoms with E-state index in [1.807, 2.05) is 24.3 Å². The van der Waals surface area contributed by atoms with Crippen LogP contribution in [0, 0.1) is 0 Å². The van der Waals surface area contributed by atoms with E-state index < -0.39 is 10.0 Å². The van der Waals surface area contributed by atoms with Crippen molar-refractivity contribution in [2.45, 2.75) is 26.4 Å². The van der Waals surface area contributed by atoms with Gasteiger partial charge in [-0.3, -0.25) is 0 Å². The third-order valence-electron chi connectivity index (χ3n) is 3.17. The van der Waals surface area contributed by atoms with Crippen LogP contribution in [0.25, 0.3) is 0 Å². The molecule has 2 rings (SSSR count). The summed E-state index contributed by atoms with van der Waals surface area (Å²) >= 11 is 0. The molecule has 1 aromatic carbocycles. The average molecular weight is 268 g/mol. The zero-order valence-corrected chi connectivity index (χ0v) is 11.5. The van der Waals surface area contributed by atoms with E-state index in [2.05, 4.69) is 12.2 Å². The number of rotatable bonds is 6. The minimum absolute atomic E-state index is 0.182. The molecule has 1 aliphatic heterocycles. The summed E-state index contributed by atoms with van der Waals surface area (Å²) in [6.07, 6.45) is 1.02. The Kier molecular flexibility index (Phi) is 4.37. The lowest BCUT2D eigenvalue weighted by Gasteiger charge is -2.15. The fourth-order valence-electron chi connectivity index (χ4n) is 2.13. The maximum atomic E-state index is 12.2. The number of hydrogen-bond donors (Lipinski definition) is 1. The van der Waals surface area contributed by atoms with Gasteiger partial charge < -0.3 is 5.32 Å². The van der Waals surface area contributed by atoms with Crippen LogP contribution in [0.1, 0.15) is 24.5 Å². The normalized spacial score (nSPS) is 15.8. The van der Waals surface area contributed by atoms with Crippen LogP contribution in [-0.4, -0.2) is 31.6 Å². The Hall–Kier alpha value is -0.910. The van der Waals surface area contributed by atoms with E-state index in [0.29, 0.717) is 19.6 Å². The minimum atomic E-state index is -3.14. The Morgan fingerprint density at radius 3 is 2.33 bits per heavy atom. The van der Waals surface area contributed by atoms with Gasteiger partial charge in [0, 0.05) is 19.6 Å².